The molecular formula is C22H29NO2. The van der Waals surface area contributed by atoms with Crippen LogP contribution in [0.5, 0.6) is 11.5 Å². The van der Waals surface area contributed by atoms with Gasteiger partial charge in [-0.15, -0.1) is 5.92 Å². The first-order valence-electron chi connectivity index (χ1n) is 9.28. The summed E-state index contributed by atoms with van der Waals surface area (Å²) in [5.74, 6) is 8.23. The highest BCUT2D eigenvalue weighted by atomic mass is 16.5. The number of unbranched alkanes of at least 4 members (excludes halogenated alkanes) is 1. The number of aromatic hydroxyl groups is 1. The summed E-state index contributed by atoms with van der Waals surface area (Å²) < 4.78 is 6.34. The molecule has 2 aliphatic rings. The van der Waals surface area contributed by atoms with Crippen molar-refractivity contribution in [1.29, 1.82) is 0 Å². The van der Waals surface area contributed by atoms with Gasteiger partial charge >= 0.3 is 0 Å². The Morgan fingerprint density at radius 3 is 2.88 bits per heavy atom. The summed E-state index contributed by atoms with van der Waals surface area (Å²) in [6.07, 6.45) is 6.71. The number of benzene rings is 1. The predicted molar refractivity (Wildman–Crippen MR) is 102 cm³/mol. The number of fused-ring (bicyclic) bond motifs is 3. The lowest BCUT2D eigenvalue weighted by atomic mass is 9.67. The maximum absolute atomic E-state index is 10.7. The summed E-state index contributed by atoms with van der Waals surface area (Å²) in [4.78, 5) is 0. The molecule has 0 saturated carbocycles. The van der Waals surface area contributed by atoms with Crippen molar-refractivity contribution >= 4 is 0 Å². The van der Waals surface area contributed by atoms with E-state index >= 15 is 0 Å². The van der Waals surface area contributed by atoms with Crippen LogP contribution in [0.25, 0.3) is 0 Å². The molecule has 0 radical (unpaired) electrons. The van der Waals surface area contributed by atoms with Gasteiger partial charge < -0.3 is 15.6 Å². The van der Waals surface area contributed by atoms with Crippen molar-refractivity contribution in [1.82, 2.24) is 0 Å². The molecule has 1 aliphatic carbocycles. The molecule has 0 bridgehead atoms. The van der Waals surface area contributed by atoms with Crippen LogP contribution in [0.3, 0.4) is 0 Å². The first-order chi connectivity index (χ1) is 11.9. The molecule has 0 unspecified atom stereocenters. The fraction of sp³-hybridized carbons (Fsp3) is 0.545. The number of phenolic OH excluding ortho intramolecular Hbond substituents is 1. The molecule has 3 N–H and O–H groups in total. The molecule has 0 saturated heterocycles. The summed E-state index contributed by atoms with van der Waals surface area (Å²) >= 11 is 0. The van der Waals surface area contributed by atoms with Crippen molar-refractivity contribution < 1.29 is 9.84 Å². The Hall–Kier alpha value is -1.92. The molecule has 1 heterocycles. The molecule has 1 aliphatic heterocycles. The molecule has 1 aromatic carbocycles. The molecule has 3 rings (SSSR count). The quantitative estimate of drug-likeness (QED) is 0.491. The first kappa shape index (κ1) is 17.9. The van der Waals surface area contributed by atoms with Crippen LogP contribution in [0, 0.1) is 17.8 Å². The van der Waals surface area contributed by atoms with Crippen LogP contribution in [0.2, 0.25) is 0 Å². The molecular weight excluding hydrogens is 310 g/mol. The third-order valence-corrected chi connectivity index (χ3v) is 5.49. The van der Waals surface area contributed by atoms with Gasteiger partial charge in [0.05, 0.1) is 0 Å². The van der Waals surface area contributed by atoms with Gasteiger partial charge in [0.25, 0.3) is 0 Å². The zero-order valence-corrected chi connectivity index (χ0v) is 15.6. The SMILES string of the molecule is CC1=CC[C@@H]2[C@@H](C1)c1c(O)cc(CC#CCCCN)cc1OC2(C)C. The second-order valence-electron chi connectivity index (χ2n) is 7.86. The summed E-state index contributed by atoms with van der Waals surface area (Å²) in [5, 5.41) is 10.7. The molecule has 1 aromatic rings. The van der Waals surface area contributed by atoms with E-state index in [1.54, 1.807) is 0 Å². The number of phenols is 1. The standard InChI is InChI=1S/C22H29NO2/c1-15-9-10-18-17(12-15)21-19(24)13-16(8-6-4-5-7-11-23)14-20(21)25-22(18,2)3/h9,13-14,17-18,24H,5,7-8,10-12,23H2,1-3H3/t17-,18-/m1/s1. The molecule has 3 nitrogen and oxygen atoms in total. The van der Waals surface area contributed by atoms with E-state index in [0.717, 1.165) is 42.6 Å². The molecule has 0 aromatic heterocycles. The van der Waals surface area contributed by atoms with Gasteiger partial charge in [-0.25, -0.2) is 0 Å². The van der Waals surface area contributed by atoms with Crippen molar-refractivity contribution in [2.24, 2.45) is 11.7 Å². The Bertz CT molecular complexity index is 736. The number of ether oxygens (including phenoxy) is 1. The van der Waals surface area contributed by atoms with E-state index in [-0.39, 0.29) is 5.60 Å². The van der Waals surface area contributed by atoms with Gasteiger partial charge in [0, 0.05) is 30.2 Å². The minimum Gasteiger partial charge on any atom is -0.508 e. The Morgan fingerprint density at radius 2 is 2.12 bits per heavy atom. The van der Waals surface area contributed by atoms with E-state index in [9.17, 15) is 5.11 Å². The lowest BCUT2D eigenvalue weighted by molar-refractivity contribution is 0.00754. The van der Waals surface area contributed by atoms with Gasteiger partial charge in [0.2, 0.25) is 0 Å². The molecule has 0 fully saturated rings. The topological polar surface area (TPSA) is 55.5 Å². The summed E-state index contributed by atoms with van der Waals surface area (Å²) in [7, 11) is 0. The Kier molecular flexibility index (Phi) is 5.11. The predicted octanol–water partition coefficient (Wildman–Crippen LogP) is 4.29. The fourth-order valence-electron chi connectivity index (χ4n) is 4.17. The van der Waals surface area contributed by atoms with Crippen molar-refractivity contribution in [3.63, 3.8) is 0 Å². The third kappa shape index (κ3) is 3.70. The van der Waals surface area contributed by atoms with Crippen molar-refractivity contribution in [3.05, 3.63) is 34.9 Å². The van der Waals surface area contributed by atoms with Gasteiger partial charge in [0.15, 0.2) is 0 Å². The lowest BCUT2D eigenvalue weighted by Gasteiger charge is -2.47. The maximum atomic E-state index is 10.7. The van der Waals surface area contributed by atoms with Crippen LogP contribution in [-0.4, -0.2) is 17.3 Å². The highest BCUT2D eigenvalue weighted by molar-refractivity contribution is 5.53. The normalized spacial score (nSPS) is 23.4. The Balaban J connectivity index is 1.90. The number of hydrogen-bond acceptors (Lipinski definition) is 3. The summed E-state index contributed by atoms with van der Waals surface area (Å²) in [5.41, 5.74) is 8.65. The second kappa shape index (κ2) is 7.14. The highest BCUT2D eigenvalue weighted by Crippen LogP contribution is 2.54. The van der Waals surface area contributed by atoms with Crippen LogP contribution in [-0.2, 0) is 6.42 Å². The number of allylic oxidation sites excluding steroid dienone is 2. The maximum Gasteiger partial charge on any atom is 0.127 e. The van der Waals surface area contributed by atoms with Crippen molar-refractivity contribution in [3.8, 4) is 23.3 Å². The van der Waals surface area contributed by atoms with Crippen LogP contribution < -0.4 is 10.5 Å². The number of rotatable bonds is 3. The largest absolute Gasteiger partial charge is 0.508 e. The van der Waals surface area contributed by atoms with E-state index in [0.29, 0.717) is 30.6 Å². The van der Waals surface area contributed by atoms with Crippen molar-refractivity contribution in [2.75, 3.05) is 6.54 Å². The summed E-state index contributed by atoms with van der Waals surface area (Å²) in [6.45, 7) is 7.19. The van der Waals surface area contributed by atoms with Gasteiger partial charge in [-0.1, -0.05) is 17.6 Å². The Labute approximate surface area is 151 Å². The van der Waals surface area contributed by atoms with E-state index in [2.05, 4.69) is 44.8 Å². The second-order valence-corrected chi connectivity index (χ2v) is 7.86. The highest BCUT2D eigenvalue weighted by Gasteiger charge is 2.45. The molecule has 25 heavy (non-hydrogen) atoms. The van der Waals surface area contributed by atoms with Crippen LogP contribution >= 0.6 is 0 Å². The molecule has 3 heteroatoms. The van der Waals surface area contributed by atoms with Gasteiger partial charge in [-0.05, 0) is 64.3 Å². The van der Waals surface area contributed by atoms with E-state index in [1.165, 1.54) is 5.57 Å². The van der Waals surface area contributed by atoms with E-state index in [1.807, 2.05) is 6.07 Å². The smallest absolute Gasteiger partial charge is 0.127 e. The third-order valence-electron chi connectivity index (χ3n) is 5.49. The fourth-order valence-corrected chi connectivity index (χ4v) is 4.17. The molecule has 0 spiro atoms. The Morgan fingerprint density at radius 1 is 1.32 bits per heavy atom. The molecule has 0 amide bonds. The van der Waals surface area contributed by atoms with Gasteiger partial charge in [-0.2, -0.15) is 0 Å². The van der Waals surface area contributed by atoms with Crippen LogP contribution in [0.4, 0.5) is 0 Å². The van der Waals surface area contributed by atoms with Gasteiger partial charge in [-0.3, -0.25) is 0 Å². The van der Waals surface area contributed by atoms with Crippen molar-refractivity contribution in [2.45, 2.75) is 64.4 Å². The minimum absolute atomic E-state index is 0.229. The first-order valence-corrected chi connectivity index (χ1v) is 9.28. The average Bonchev–Trinajstić information content (AvgIpc) is 2.53. The average molecular weight is 339 g/mol. The zero-order chi connectivity index (χ0) is 18.0. The molecule has 134 valence electrons. The minimum atomic E-state index is -0.229. The van der Waals surface area contributed by atoms with E-state index in [4.69, 9.17) is 10.5 Å². The lowest BCUT2D eigenvalue weighted by Crippen LogP contribution is -2.45. The number of hydrogen-bond donors (Lipinski definition) is 2. The van der Waals surface area contributed by atoms with E-state index < -0.39 is 0 Å². The van der Waals surface area contributed by atoms with Crippen LogP contribution in [0.1, 0.15) is 63.5 Å². The number of nitrogens with two attached hydrogens (primary N) is 1. The molecule has 2 atom stereocenters. The van der Waals surface area contributed by atoms with Crippen LogP contribution in [0.15, 0.2) is 23.8 Å². The monoisotopic (exact) mass is 339 g/mol. The van der Waals surface area contributed by atoms with Gasteiger partial charge in [0.1, 0.15) is 17.1 Å². The summed E-state index contributed by atoms with van der Waals surface area (Å²) in [6, 6.07) is 3.93. The zero-order valence-electron chi connectivity index (χ0n) is 15.6.